The van der Waals surface area contributed by atoms with Crippen LogP contribution in [0.1, 0.15) is 73.6 Å². The zero-order valence-electron chi connectivity index (χ0n) is 18.2. The Balaban J connectivity index is 2.29. The Kier molecular flexibility index (Phi) is 7.32. The van der Waals surface area contributed by atoms with E-state index in [-0.39, 0.29) is 17.7 Å². The van der Waals surface area contributed by atoms with E-state index in [1.807, 2.05) is 0 Å². The molecule has 0 bridgehead atoms. The fourth-order valence-corrected chi connectivity index (χ4v) is 4.03. The van der Waals surface area contributed by atoms with E-state index >= 15 is 0 Å². The number of carbonyl (C=O) groups excluding carboxylic acids is 1. The number of allylic oxidation sites excluding steroid dienone is 2. The van der Waals surface area contributed by atoms with E-state index in [0.29, 0.717) is 24.4 Å². The molecular formula is C23H38O4. The molecule has 2 rings (SSSR count). The number of carbonyl (C=O) groups is 1. The maximum Gasteiger partial charge on any atom is 0.303 e. The lowest BCUT2D eigenvalue weighted by molar-refractivity contribution is -0.146. The summed E-state index contributed by atoms with van der Waals surface area (Å²) in [5.41, 5.74) is 0.778. The van der Waals surface area contributed by atoms with Gasteiger partial charge < -0.3 is 14.2 Å². The molecule has 0 aromatic rings. The first-order valence-electron chi connectivity index (χ1n) is 10.3. The largest absolute Gasteiger partial charge is 0.458 e. The van der Waals surface area contributed by atoms with Gasteiger partial charge in [0.05, 0.1) is 17.3 Å². The summed E-state index contributed by atoms with van der Waals surface area (Å²) < 4.78 is 17.5. The molecule has 0 amide bonds. The lowest BCUT2D eigenvalue weighted by atomic mass is 9.84. The predicted octanol–water partition coefficient (Wildman–Crippen LogP) is 5.22. The fourth-order valence-electron chi connectivity index (χ4n) is 4.03. The Hall–Kier alpha value is -1.13. The van der Waals surface area contributed by atoms with Crippen molar-refractivity contribution in [2.45, 2.75) is 97.1 Å². The Morgan fingerprint density at radius 2 is 2.00 bits per heavy atom. The zero-order chi connectivity index (χ0) is 20.2. The molecule has 1 aliphatic heterocycles. The minimum atomic E-state index is -0.476. The van der Waals surface area contributed by atoms with Gasteiger partial charge in [-0.3, -0.25) is 4.79 Å². The molecule has 0 spiro atoms. The van der Waals surface area contributed by atoms with Crippen LogP contribution in [-0.4, -0.2) is 36.5 Å². The molecule has 0 radical (unpaired) electrons. The van der Waals surface area contributed by atoms with E-state index in [1.54, 1.807) is 7.11 Å². The van der Waals surface area contributed by atoms with Crippen LogP contribution in [0.25, 0.3) is 0 Å². The molecule has 0 unspecified atom stereocenters. The van der Waals surface area contributed by atoms with Gasteiger partial charge >= 0.3 is 5.97 Å². The van der Waals surface area contributed by atoms with Crippen molar-refractivity contribution in [3.63, 3.8) is 0 Å². The molecule has 0 aromatic carbocycles. The van der Waals surface area contributed by atoms with Gasteiger partial charge in [-0.2, -0.15) is 0 Å². The molecule has 1 fully saturated rings. The number of epoxide rings is 1. The van der Waals surface area contributed by atoms with Crippen LogP contribution in [0.15, 0.2) is 23.8 Å². The van der Waals surface area contributed by atoms with Gasteiger partial charge in [-0.05, 0) is 64.4 Å². The summed E-state index contributed by atoms with van der Waals surface area (Å²) in [5, 5.41) is 0. The number of methoxy groups -OCH3 is 1. The number of hydrogen-bond acceptors (Lipinski definition) is 4. The van der Waals surface area contributed by atoms with Crippen LogP contribution in [-0.2, 0) is 19.0 Å². The second-order valence-corrected chi connectivity index (χ2v) is 9.15. The van der Waals surface area contributed by atoms with Gasteiger partial charge in [0.15, 0.2) is 0 Å². The van der Waals surface area contributed by atoms with Gasteiger partial charge in [-0.25, -0.2) is 0 Å². The van der Waals surface area contributed by atoms with Crippen molar-refractivity contribution < 1.29 is 19.0 Å². The van der Waals surface area contributed by atoms with Crippen LogP contribution in [0.2, 0.25) is 0 Å². The van der Waals surface area contributed by atoms with Crippen molar-refractivity contribution in [1.82, 2.24) is 0 Å². The molecular weight excluding hydrogens is 340 g/mol. The number of hydrogen-bond donors (Lipinski definition) is 0. The molecule has 5 atom stereocenters. The van der Waals surface area contributed by atoms with E-state index in [0.717, 1.165) is 25.7 Å². The van der Waals surface area contributed by atoms with Crippen LogP contribution in [0.3, 0.4) is 0 Å². The van der Waals surface area contributed by atoms with Crippen molar-refractivity contribution in [2.75, 3.05) is 7.11 Å². The summed E-state index contributed by atoms with van der Waals surface area (Å²) in [6.45, 7) is 12.4. The minimum Gasteiger partial charge on any atom is -0.458 e. The highest BCUT2D eigenvalue weighted by Crippen LogP contribution is 2.45. The van der Waals surface area contributed by atoms with E-state index in [9.17, 15) is 4.79 Å². The Bertz CT molecular complexity index is 579. The lowest BCUT2D eigenvalue weighted by Gasteiger charge is -2.29. The van der Waals surface area contributed by atoms with E-state index in [4.69, 9.17) is 14.2 Å². The Labute approximate surface area is 165 Å². The standard InChI is InChI=1S/C23H38O4/c1-16(2)19-10-12-22(5,25-7)15-20(26-18(4)24)14-17(3)8-9-21-23(6,27-21)13-11-19/h10,12,14,16,19-21H,8-9,11,13,15H2,1-7H3/b12-10+,17-14-/t19-,20+,21-,22-,23-/m0/s1. The maximum atomic E-state index is 11.6. The molecule has 2 aliphatic rings. The highest BCUT2D eigenvalue weighted by molar-refractivity contribution is 5.66. The number of esters is 1. The summed E-state index contributed by atoms with van der Waals surface area (Å²) in [6, 6.07) is 0. The topological polar surface area (TPSA) is 48.1 Å². The third-order valence-corrected chi connectivity index (χ3v) is 6.22. The molecule has 27 heavy (non-hydrogen) atoms. The average Bonchev–Trinajstić information content (AvgIpc) is 3.21. The monoisotopic (exact) mass is 378 g/mol. The van der Waals surface area contributed by atoms with Crippen LogP contribution in [0.4, 0.5) is 0 Å². The lowest BCUT2D eigenvalue weighted by Crippen LogP contribution is -2.32. The SMILES string of the molecule is CO[C@@]1(C)/C=C/[C@H](C(C)C)CC[C@]2(C)O[C@H]2CC/C(C)=C\[C@@H](OC(C)=O)C1. The summed E-state index contributed by atoms with van der Waals surface area (Å²) in [7, 11) is 1.73. The summed E-state index contributed by atoms with van der Waals surface area (Å²) in [6.07, 6.45) is 11.4. The van der Waals surface area contributed by atoms with Crippen molar-refractivity contribution in [3.05, 3.63) is 23.8 Å². The molecule has 0 aromatic heterocycles. The molecule has 4 heteroatoms. The number of rotatable bonds is 3. The van der Waals surface area contributed by atoms with Crippen molar-refractivity contribution in [1.29, 1.82) is 0 Å². The molecule has 1 saturated heterocycles. The van der Waals surface area contributed by atoms with Crippen LogP contribution >= 0.6 is 0 Å². The fraction of sp³-hybridized carbons (Fsp3) is 0.783. The quantitative estimate of drug-likeness (QED) is 0.384. The van der Waals surface area contributed by atoms with Crippen LogP contribution in [0, 0.1) is 11.8 Å². The predicted molar refractivity (Wildman–Crippen MR) is 109 cm³/mol. The summed E-state index contributed by atoms with van der Waals surface area (Å²) in [4.78, 5) is 11.6. The van der Waals surface area contributed by atoms with Gasteiger partial charge in [-0.15, -0.1) is 0 Å². The highest BCUT2D eigenvalue weighted by atomic mass is 16.6. The maximum absolute atomic E-state index is 11.6. The summed E-state index contributed by atoms with van der Waals surface area (Å²) in [5.74, 6) is 0.779. The van der Waals surface area contributed by atoms with Gasteiger partial charge in [0.2, 0.25) is 0 Å². The van der Waals surface area contributed by atoms with Gasteiger partial charge in [0.25, 0.3) is 0 Å². The average molecular weight is 379 g/mol. The van der Waals surface area contributed by atoms with Crippen molar-refractivity contribution >= 4 is 5.97 Å². The molecule has 4 nitrogen and oxygen atoms in total. The van der Waals surface area contributed by atoms with Crippen molar-refractivity contribution in [3.8, 4) is 0 Å². The van der Waals surface area contributed by atoms with Gasteiger partial charge in [0, 0.05) is 20.5 Å². The van der Waals surface area contributed by atoms with Crippen LogP contribution in [0.5, 0.6) is 0 Å². The Morgan fingerprint density at radius 1 is 1.30 bits per heavy atom. The number of ether oxygens (including phenoxy) is 3. The zero-order valence-corrected chi connectivity index (χ0v) is 18.2. The number of fused-ring (bicyclic) bond motifs is 1. The second-order valence-electron chi connectivity index (χ2n) is 9.15. The van der Waals surface area contributed by atoms with E-state index < -0.39 is 5.60 Å². The molecule has 0 saturated carbocycles. The van der Waals surface area contributed by atoms with Crippen molar-refractivity contribution in [2.24, 2.45) is 11.8 Å². The smallest absolute Gasteiger partial charge is 0.303 e. The van der Waals surface area contributed by atoms with E-state index in [1.165, 1.54) is 12.5 Å². The third kappa shape index (κ3) is 6.46. The third-order valence-electron chi connectivity index (χ3n) is 6.22. The first-order valence-corrected chi connectivity index (χ1v) is 10.3. The van der Waals surface area contributed by atoms with Gasteiger partial charge in [0.1, 0.15) is 6.10 Å². The molecule has 154 valence electrons. The molecule has 1 aliphatic carbocycles. The second kappa shape index (κ2) is 8.91. The van der Waals surface area contributed by atoms with Gasteiger partial charge in [-0.1, -0.05) is 31.6 Å². The normalized spacial score (nSPS) is 41.0. The minimum absolute atomic E-state index is 0.0191. The highest BCUT2D eigenvalue weighted by Gasteiger charge is 2.51. The molecule has 1 heterocycles. The van der Waals surface area contributed by atoms with Crippen LogP contribution < -0.4 is 0 Å². The summed E-state index contributed by atoms with van der Waals surface area (Å²) >= 11 is 0. The molecule has 0 N–H and O–H groups in total. The first kappa shape index (κ1) is 22.2. The van der Waals surface area contributed by atoms with E-state index in [2.05, 4.69) is 52.8 Å². The first-order chi connectivity index (χ1) is 12.6. The Morgan fingerprint density at radius 3 is 2.59 bits per heavy atom.